The molecule has 0 aromatic carbocycles. The Bertz CT molecular complexity index is 653. The molecule has 8 nitrogen and oxygen atoms in total. The second-order valence-corrected chi connectivity index (χ2v) is 8.39. The highest BCUT2D eigenvalue weighted by atomic mass is 16.5. The molecule has 1 fully saturated rings. The number of hydrogen-bond donors (Lipinski definition) is 3. The molecular formula is C21H36N4O4. The minimum Gasteiger partial charge on any atom is -0.445 e. The van der Waals surface area contributed by atoms with Gasteiger partial charge in [-0.3, -0.25) is 14.8 Å². The van der Waals surface area contributed by atoms with Crippen LogP contribution >= 0.6 is 0 Å². The van der Waals surface area contributed by atoms with Gasteiger partial charge in [0.2, 0.25) is 5.91 Å². The molecule has 1 unspecified atom stereocenters. The molecule has 2 amide bonds. The van der Waals surface area contributed by atoms with Crippen molar-refractivity contribution in [1.82, 2.24) is 20.7 Å². The summed E-state index contributed by atoms with van der Waals surface area (Å²) in [4.78, 5) is 30.6. The zero-order valence-electron chi connectivity index (χ0n) is 18.0. The number of nitrogens with one attached hydrogen (secondary N) is 2. The largest absolute Gasteiger partial charge is 0.445 e. The third kappa shape index (κ3) is 7.78. The van der Waals surface area contributed by atoms with Gasteiger partial charge in [0.15, 0.2) is 11.6 Å². The van der Waals surface area contributed by atoms with Crippen LogP contribution in [0.1, 0.15) is 85.8 Å². The normalized spacial score (nSPS) is 16.0. The molecule has 0 radical (unpaired) electrons. The van der Waals surface area contributed by atoms with Crippen molar-refractivity contribution < 1.29 is 19.2 Å². The Morgan fingerprint density at radius 2 is 2.00 bits per heavy atom. The average Bonchev–Trinajstić information content (AvgIpc) is 3.09. The first-order chi connectivity index (χ1) is 13.9. The van der Waals surface area contributed by atoms with Crippen LogP contribution in [0.3, 0.4) is 0 Å². The van der Waals surface area contributed by atoms with E-state index in [9.17, 15) is 9.59 Å². The molecule has 29 heavy (non-hydrogen) atoms. The van der Waals surface area contributed by atoms with Gasteiger partial charge >= 0.3 is 0 Å². The number of nitrogens with zero attached hydrogens (tertiary/aromatic N) is 2. The smallest absolute Gasteiger partial charge is 0.273 e. The van der Waals surface area contributed by atoms with E-state index in [1.807, 2.05) is 19.0 Å². The molecule has 2 rings (SSSR count). The van der Waals surface area contributed by atoms with E-state index in [0.29, 0.717) is 18.2 Å². The molecule has 1 heterocycles. The number of oxazole rings is 1. The molecule has 1 saturated carbocycles. The monoisotopic (exact) mass is 408 g/mol. The van der Waals surface area contributed by atoms with Crippen molar-refractivity contribution in [2.75, 3.05) is 27.2 Å². The lowest BCUT2D eigenvalue weighted by atomic mass is 9.84. The third-order valence-corrected chi connectivity index (χ3v) is 5.67. The van der Waals surface area contributed by atoms with E-state index >= 15 is 0 Å². The van der Waals surface area contributed by atoms with Crippen molar-refractivity contribution in [2.45, 2.75) is 70.6 Å². The number of likely N-dealkylation sites (N-methyl/N-ethyl adjacent to an activating group) is 1. The fourth-order valence-electron chi connectivity index (χ4n) is 3.99. The van der Waals surface area contributed by atoms with E-state index in [1.54, 1.807) is 12.4 Å². The summed E-state index contributed by atoms with van der Waals surface area (Å²) in [6.45, 7) is 2.96. The van der Waals surface area contributed by atoms with Gasteiger partial charge in [-0.2, -0.15) is 0 Å². The van der Waals surface area contributed by atoms with Gasteiger partial charge in [-0.25, -0.2) is 10.5 Å². The highest BCUT2D eigenvalue weighted by Gasteiger charge is 2.25. The highest BCUT2D eigenvalue weighted by molar-refractivity contribution is 5.93. The van der Waals surface area contributed by atoms with E-state index in [2.05, 4.69) is 10.3 Å². The minimum absolute atomic E-state index is 0.0861. The van der Waals surface area contributed by atoms with Crippen molar-refractivity contribution in [3.8, 4) is 0 Å². The Labute approximate surface area is 173 Å². The van der Waals surface area contributed by atoms with Crippen LogP contribution in [-0.4, -0.2) is 54.1 Å². The molecule has 1 aromatic heterocycles. The molecule has 1 atom stereocenters. The standard InChI is InChI=1S/C21H36N4O4/c1-15-19(20(27)22-12-13-25(2)3)23-21(29-15)17(14-18(26)24-28)11-7-10-16-8-5-4-6-9-16/h16-17,28H,4-14H2,1-3H3,(H,22,27)(H,24,26). The average molecular weight is 409 g/mol. The Hall–Kier alpha value is -1.93. The predicted octanol–water partition coefficient (Wildman–Crippen LogP) is 3.00. The summed E-state index contributed by atoms with van der Waals surface area (Å²) in [5.74, 6) is 0.608. The summed E-state index contributed by atoms with van der Waals surface area (Å²) in [5, 5.41) is 11.8. The van der Waals surface area contributed by atoms with Gasteiger partial charge in [0, 0.05) is 25.4 Å². The molecule has 0 saturated heterocycles. The number of rotatable bonds is 11. The lowest BCUT2D eigenvalue weighted by molar-refractivity contribution is -0.129. The summed E-state index contributed by atoms with van der Waals surface area (Å²) in [6, 6.07) is 0. The van der Waals surface area contributed by atoms with Gasteiger partial charge in [0.05, 0.1) is 0 Å². The van der Waals surface area contributed by atoms with E-state index in [-0.39, 0.29) is 23.9 Å². The quantitative estimate of drug-likeness (QED) is 0.384. The molecule has 3 N–H and O–H groups in total. The second-order valence-electron chi connectivity index (χ2n) is 8.39. The molecular weight excluding hydrogens is 372 g/mol. The van der Waals surface area contributed by atoms with Gasteiger partial charge in [0.1, 0.15) is 5.76 Å². The maximum Gasteiger partial charge on any atom is 0.273 e. The third-order valence-electron chi connectivity index (χ3n) is 5.67. The van der Waals surface area contributed by atoms with Crippen LogP contribution in [0.25, 0.3) is 0 Å². The van der Waals surface area contributed by atoms with Crippen molar-refractivity contribution in [3.63, 3.8) is 0 Å². The van der Waals surface area contributed by atoms with Crippen molar-refractivity contribution in [1.29, 1.82) is 0 Å². The number of hydrogen-bond acceptors (Lipinski definition) is 6. The first-order valence-corrected chi connectivity index (χ1v) is 10.7. The first-order valence-electron chi connectivity index (χ1n) is 10.7. The van der Waals surface area contributed by atoms with E-state index in [4.69, 9.17) is 9.62 Å². The van der Waals surface area contributed by atoms with E-state index in [0.717, 1.165) is 31.7 Å². The van der Waals surface area contributed by atoms with Crippen LogP contribution in [0.5, 0.6) is 0 Å². The zero-order valence-corrected chi connectivity index (χ0v) is 18.0. The maximum atomic E-state index is 12.4. The minimum atomic E-state index is -0.472. The first kappa shape index (κ1) is 23.3. The van der Waals surface area contributed by atoms with Crippen molar-refractivity contribution in [2.24, 2.45) is 5.92 Å². The van der Waals surface area contributed by atoms with Crippen molar-refractivity contribution >= 4 is 11.8 Å². The Morgan fingerprint density at radius 3 is 2.66 bits per heavy atom. The second kappa shape index (κ2) is 11.9. The Kier molecular flexibility index (Phi) is 9.60. The number of aryl methyl sites for hydroxylation is 1. The molecule has 8 heteroatoms. The molecule has 1 aliphatic rings. The van der Waals surface area contributed by atoms with Crippen LogP contribution < -0.4 is 10.8 Å². The number of aromatic nitrogens is 1. The summed E-state index contributed by atoms with van der Waals surface area (Å²) < 4.78 is 5.77. The summed E-state index contributed by atoms with van der Waals surface area (Å²) in [7, 11) is 3.88. The van der Waals surface area contributed by atoms with Crippen LogP contribution in [0.2, 0.25) is 0 Å². The summed E-state index contributed by atoms with van der Waals surface area (Å²) in [6.07, 6.45) is 9.47. The number of hydroxylamine groups is 1. The van der Waals surface area contributed by atoms with Crippen LogP contribution in [0.4, 0.5) is 0 Å². The predicted molar refractivity (Wildman–Crippen MR) is 110 cm³/mol. The van der Waals surface area contributed by atoms with Crippen LogP contribution in [0.15, 0.2) is 4.42 Å². The van der Waals surface area contributed by atoms with Gasteiger partial charge in [0.25, 0.3) is 5.91 Å². The highest BCUT2D eigenvalue weighted by Crippen LogP contribution is 2.31. The van der Waals surface area contributed by atoms with E-state index < -0.39 is 5.91 Å². The lowest BCUT2D eigenvalue weighted by Gasteiger charge is -2.22. The molecule has 164 valence electrons. The molecule has 1 aliphatic carbocycles. The fourth-order valence-corrected chi connectivity index (χ4v) is 3.99. The van der Waals surface area contributed by atoms with Gasteiger partial charge < -0.3 is 14.6 Å². The summed E-state index contributed by atoms with van der Waals surface area (Å²) >= 11 is 0. The number of carbonyl (C=O) groups is 2. The van der Waals surface area contributed by atoms with Crippen LogP contribution in [0, 0.1) is 12.8 Å². The zero-order chi connectivity index (χ0) is 21.2. The molecule has 1 aromatic rings. The SMILES string of the molecule is Cc1oc(C(CCCC2CCCCC2)CC(=O)NO)nc1C(=O)NCCN(C)C. The van der Waals surface area contributed by atoms with Crippen LogP contribution in [-0.2, 0) is 4.79 Å². The lowest BCUT2D eigenvalue weighted by Crippen LogP contribution is -2.31. The molecule has 0 spiro atoms. The maximum absolute atomic E-state index is 12.4. The summed E-state index contributed by atoms with van der Waals surface area (Å²) in [5.41, 5.74) is 1.96. The van der Waals surface area contributed by atoms with E-state index in [1.165, 1.54) is 32.1 Å². The fraction of sp³-hybridized carbons (Fsp3) is 0.762. The molecule has 0 bridgehead atoms. The van der Waals surface area contributed by atoms with Gasteiger partial charge in [-0.15, -0.1) is 0 Å². The van der Waals surface area contributed by atoms with Gasteiger partial charge in [-0.05, 0) is 33.4 Å². The number of amides is 2. The van der Waals surface area contributed by atoms with Crippen molar-refractivity contribution in [3.05, 3.63) is 17.3 Å². The number of carbonyl (C=O) groups excluding carboxylic acids is 2. The Morgan fingerprint density at radius 1 is 1.28 bits per heavy atom. The Balaban J connectivity index is 1.99. The molecule has 0 aliphatic heterocycles. The topological polar surface area (TPSA) is 108 Å². The van der Waals surface area contributed by atoms with Gasteiger partial charge in [-0.1, -0.05) is 44.9 Å².